The van der Waals surface area contributed by atoms with Crippen molar-refractivity contribution in [2.75, 3.05) is 7.11 Å². The summed E-state index contributed by atoms with van der Waals surface area (Å²) in [6, 6.07) is 11.5. The van der Waals surface area contributed by atoms with Gasteiger partial charge in [0.1, 0.15) is 0 Å². The van der Waals surface area contributed by atoms with Gasteiger partial charge in [0, 0.05) is 9.90 Å². The van der Waals surface area contributed by atoms with Gasteiger partial charge in [-0.3, -0.25) is 4.79 Å². The Balaban J connectivity index is 0.00000200. The second-order valence-corrected chi connectivity index (χ2v) is 5.65. The molecule has 0 bridgehead atoms. The average Bonchev–Trinajstić information content (AvgIpc) is 2.93. The van der Waals surface area contributed by atoms with E-state index in [2.05, 4.69) is 6.07 Å². The highest BCUT2D eigenvalue weighted by Gasteiger charge is 2.23. The molecular weight excluding hydrogens is 315 g/mol. The number of hydrogen-bond acceptors (Lipinski definition) is 3. The smallest absolute Gasteiger partial charge is 0.313 e. The van der Waals surface area contributed by atoms with Crippen LogP contribution in [0.15, 0.2) is 41.8 Å². The minimum Gasteiger partial charge on any atom is -0.469 e. The molecular formula is C15H16Cl2O2S. The standard InChI is InChI=1S/C15H15ClO2S.ClH/c1-18-15(17)13(9-8-11-5-4-10-19-11)12-6-2-3-7-14(12)16;/h2-7,10,13H,8-9H2,1H3;1H. The van der Waals surface area contributed by atoms with Gasteiger partial charge in [-0.05, 0) is 35.9 Å². The first-order chi connectivity index (χ1) is 9.22. The van der Waals surface area contributed by atoms with Crippen LogP contribution >= 0.6 is 35.3 Å². The summed E-state index contributed by atoms with van der Waals surface area (Å²) in [6.07, 6.45) is 1.56. The zero-order chi connectivity index (χ0) is 13.7. The summed E-state index contributed by atoms with van der Waals surface area (Å²) in [6.45, 7) is 0. The van der Waals surface area contributed by atoms with Crippen LogP contribution in [0.3, 0.4) is 0 Å². The summed E-state index contributed by atoms with van der Waals surface area (Å²) >= 11 is 7.87. The van der Waals surface area contributed by atoms with E-state index in [-0.39, 0.29) is 24.3 Å². The zero-order valence-corrected chi connectivity index (χ0v) is 13.4. The lowest BCUT2D eigenvalue weighted by atomic mass is 9.94. The van der Waals surface area contributed by atoms with Crippen LogP contribution < -0.4 is 0 Å². The van der Waals surface area contributed by atoms with Crippen LogP contribution in [0, 0.1) is 0 Å². The van der Waals surface area contributed by atoms with Gasteiger partial charge >= 0.3 is 5.97 Å². The molecule has 0 aliphatic rings. The van der Waals surface area contributed by atoms with Gasteiger partial charge < -0.3 is 4.74 Å². The average molecular weight is 331 g/mol. The summed E-state index contributed by atoms with van der Waals surface area (Å²) in [5.41, 5.74) is 0.840. The van der Waals surface area contributed by atoms with Gasteiger partial charge in [-0.2, -0.15) is 0 Å². The van der Waals surface area contributed by atoms with Crippen molar-refractivity contribution in [3.05, 3.63) is 57.2 Å². The van der Waals surface area contributed by atoms with Crippen LogP contribution in [0.5, 0.6) is 0 Å². The Morgan fingerprint density at radius 2 is 2.05 bits per heavy atom. The van der Waals surface area contributed by atoms with E-state index in [9.17, 15) is 4.79 Å². The predicted molar refractivity (Wildman–Crippen MR) is 86.1 cm³/mol. The third-order valence-corrected chi connectivity index (χ3v) is 4.31. The quantitative estimate of drug-likeness (QED) is 0.742. The fourth-order valence-corrected chi connectivity index (χ4v) is 3.03. The lowest BCUT2D eigenvalue weighted by Crippen LogP contribution is -2.15. The molecule has 2 nitrogen and oxygen atoms in total. The topological polar surface area (TPSA) is 26.3 Å². The lowest BCUT2D eigenvalue weighted by Gasteiger charge is -2.15. The van der Waals surface area contributed by atoms with Gasteiger partial charge in [0.25, 0.3) is 0 Å². The number of benzene rings is 1. The Kier molecular flexibility index (Phi) is 7.06. The van der Waals surface area contributed by atoms with E-state index < -0.39 is 0 Å². The van der Waals surface area contributed by atoms with Crippen LogP contribution in [0.2, 0.25) is 5.02 Å². The van der Waals surface area contributed by atoms with Gasteiger partial charge in [-0.15, -0.1) is 23.7 Å². The number of rotatable bonds is 5. The maximum Gasteiger partial charge on any atom is 0.313 e. The number of hydrogen-bond donors (Lipinski definition) is 0. The van der Waals surface area contributed by atoms with Gasteiger partial charge in [0.15, 0.2) is 0 Å². The SMILES string of the molecule is COC(=O)C(CCc1cccs1)c1ccccc1Cl.Cl. The van der Waals surface area contributed by atoms with Crippen molar-refractivity contribution in [2.45, 2.75) is 18.8 Å². The lowest BCUT2D eigenvalue weighted by molar-refractivity contribution is -0.142. The van der Waals surface area contributed by atoms with Crippen LogP contribution in [-0.2, 0) is 16.0 Å². The molecule has 0 spiro atoms. The molecule has 5 heteroatoms. The number of carbonyl (C=O) groups is 1. The second kappa shape index (κ2) is 8.30. The summed E-state index contributed by atoms with van der Waals surface area (Å²) in [4.78, 5) is 13.2. The van der Waals surface area contributed by atoms with E-state index in [1.165, 1.54) is 12.0 Å². The van der Waals surface area contributed by atoms with Gasteiger partial charge in [0.05, 0.1) is 13.0 Å². The molecule has 0 aliphatic heterocycles. The van der Waals surface area contributed by atoms with E-state index in [1.807, 2.05) is 29.6 Å². The maximum absolute atomic E-state index is 11.9. The monoisotopic (exact) mass is 330 g/mol. The first-order valence-corrected chi connectivity index (χ1v) is 7.32. The summed E-state index contributed by atoms with van der Waals surface area (Å²) < 4.78 is 4.90. The molecule has 0 radical (unpaired) electrons. The third-order valence-electron chi connectivity index (χ3n) is 3.03. The number of esters is 1. The molecule has 0 fully saturated rings. The van der Waals surface area contributed by atoms with Crippen LogP contribution in [0.1, 0.15) is 22.8 Å². The van der Waals surface area contributed by atoms with Crippen molar-refractivity contribution < 1.29 is 9.53 Å². The van der Waals surface area contributed by atoms with Gasteiger partial charge in [-0.25, -0.2) is 0 Å². The van der Waals surface area contributed by atoms with Crippen LogP contribution in [-0.4, -0.2) is 13.1 Å². The second-order valence-electron chi connectivity index (χ2n) is 4.22. The fraction of sp³-hybridized carbons (Fsp3) is 0.267. The maximum atomic E-state index is 11.9. The Labute approximate surface area is 134 Å². The van der Waals surface area contributed by atoms with E-state index in [0.717, 1.165) is 12.0 Å². The molecule has 1 aromatic heterocycles. The predicted octanol–water partition coefficient (Wildman–Crippen LogP) is 4.71. The number of halogens is 2. The van der Waals surface area contributed by atoms with Gasteiger partial charge in [0.2, 0.25) is 0 Å². The molecule has 1 atom stereocenters. The van der Waals surface area contributed by atoms with Crippen molar-refractivity contribution in [1.29, 1.82) is 0 Å². The molecule has 0 saturated heterocycles. The highest BCUT2D eigenvalue weighted by molar-refractivity contribution is 7.09. The first kappa shape index (κ1) is 17.0. The molecule has 1 aromatic carbocycles. The molecule has 0 aliphatic carbocycles. The first-order valence-electron chi connectivity index (χ1n) is 6.07. The Bertz CT molecular complexity index is 541. The molecule has 108 valence electrons. The Hall–Kier alpha value is -1.03. The molecule has 2 rings (SSSR count). The third kappa shape index (κ3) is 4.23. The minimum atomic E-state index is -0.305. The van der Waals surface area contributed by atoms with Crippen molar-refractivity contribution in [3.63, 3.8) is 0 Å². The van der Waals surface area contributed by atoms with E-state index in [1.54, 1.807) is 17.4 Å². The van der Waals surface area contributed by atoms with Crippen LogP contribution in [0.25, 0.3) is 0 Å². The summed E-state index contributed by atoms with van der Waals surface area (Å²) in [5.74, 6) is -0.537. The van der Waals surface area contributed by atoms with Crippen LogP contribution in [0.4, 0.5) is 0 Å². The van der Waals surface area contributed by atoms with Crippen molar-refractivity contribution in [3.8, 4) is 0 Å². The summed E-state index contributed by atoms with van der Waals surface area (Å²) in [7, 11) is 1.41. The molecule has 2 aromatic rings. The largest absolute Gasteiger partial charge is 0.469 e. The Morgan fingerprint density at radius 1 is 1.30 bits per heavy atom. The molecule has 0 amide bonds. The van der Waals surface area contributed by atoms with E-state index in [4.69, 9.17) is 16.3 Å². The number of methoxy groups -OCH3 is 1. The number of aryl methyl sites for hydroxylation is 1. The van der Waals surface area contributed by atoms with Crippen molar-refractivity contribution >= 4 is 41.3 Å². The number of thiophene rings is 1. The van der Waals surface area contributed by atoms with E-state index in [0.29, 0.717) is 11.4 Å². The van der Waals surface area contributed by atoms with Crippen molar-refractivity contribution in [1.82, 2.24) is 0 Å². The fourth-order valence-electron chi connectivity index (χ4n) is 2.04. The minimum absolute atomic E-state index is 0. The molecule has 1 heterocycles. The highest BCUT2D eigenvalue weighted by Crippen LogP contribution is 2.29. The molecule has 20 heavy (non-hydrogen) atoms. The summed E-state index contributed by atoms with van der Waals surface area (Å²) in [5, 5.41) is 2.65. The molecule has 0 saturated carbocycles. The Morgan fingerprint density at radius 3 is 2.65 bits per heavy atom. The number of ether oxygens (including phenoxy) is 1. The van der Waals surface area contributed by atoms with Gasteiger partial charge in [-0.1, -0.05) is 35.9 Å². The van der Waals surface area contributed by atoms with Crippen molar-refractivity contribution in [2.24, 2.45) is 0 Å². The zero-order valence-electron chi connectivity index (χ0n) is 11.0. The highest BCUT2D eigenvalue weighted by atomic mass is 35.5. The van der Waals surface area contributed by atoms with E-state index >= 15 is 0 Å². The molecule has 0 N–H and O–H groups in total. The number of carbonyl (C=O) groups excluding carboxylic acids is 1. The normalized spacial score (nSPS) is 11.5. The molecule has 1 unspecified atom stereocenters.